The number of β-lactam (4-membered cyclic amide) rings is 1. The standard InChI is InChI=1S/C14H14N6O7S3/c1-28-4-3-29-12-7(11(24)20(12)8(4)13(25)26)16-10(23)6(18-27-2-5(21)22)9-17-14(15)30-19-9/h7,12H,2-3H2,1H3,(H,16,23)(H,21,22)(H,25,26)(H2,15,17,19)/b18-6+/t7?,12-/m1/s1. The van der Waals surface area contributed by atoms with Crippen LogP contribution in [0.25, 0.3) is 0 Å². The third-order valence-corrected chi connectivity index (χ3v) is 6.72. The second-order valence-corrected chi connectivity index (χ2v) is 8.49. The minimum Gasteiger partial charge on any atom is -0.479 e. The maximum absolute atomic E-state index is 12.7. The van der Waals surface area contributed by atoms with Crippen LogP contribution in [0.2, 0.25) is 0 Å². The van der Waals surface area contributed by atoms with Gasteiger partial charge < -0.3 is 26.1 Å². The fourth-order valence-electron chi connectivity index (χ4n) is 2.62. The van der Waals surface area contributed by atoms with Gasteiger partial charge in [-0.05, 0) is 6.26 Å². The van der Waals surface area contributed by atoms with Gasteiger partial charge in [-0.15, -0.1) is 23.5 Å². The van der Waals surface area contributed by atoms with Crippen LogP contribution < -0.4 is 11.1 Å². The van der Waals surface area contributed by atoms with Crippen LogP contribution in [0, 0.1) is 0 Å². The number of nitrogens with zero attached hydrogens (tertiary/aromatic N) is 4. The van der Waals surface area contributed by atoms with Crippen molar-refractivity contribution in [1.82, 2.24) is 19.6 Å². The number of oxime groups is 1. The number of hydrogen-bond acceptors (Lipinski definition) is 12. The van der Waals surface area contributed by atoms with Gasteiger partial charge in [-0.2, -0.15) is 9.36 Å². The van der Waals surface area contributed by atoms with Gasteiger partial charge in [-0.3, -0.25) is 14.5 Å². The Kier molecular flexibility index (Phi) is 6.47. The molecule has 1 fully saturated rings. The summed E-state index contributed by atoms with van der Waals surface area (Å²) >= 11 is 3.33. The predicted octanol–water partition coefficient (Wildman–Crippen LogP) is -1.02. The maximum Gasteiger partial charge on any atom is 0.353 e. The van der Waals surface area contributed by atoms with E-state index >= 15 is 0 Å². The van der Waals surface area contributed by atoms with E-state index in [1.165, 1.54) is 23.5 Å². The van der Waals surface area contributed by atoms with Gasteiger partial charge >= 0.3 is 11.9 Å². The van der Waals surface area contributed by atoms with E-state index in [1.54, 1.807) is 6.26 Å². The molecule has 0 aliphatic carbocycles. The Morgan fingerprint density at radius 2 is 2.17 bits per heavy atom. The van der Waals surface area contributed by atoms with Gasteiger partial charge in [0.15, 0.2) is 5.13 Å². The molecule has 1 unspecified atom stereocenters. The Morgan fingerprint density at radius 3 is 2.73 bits per heavy atom. The van der Waals surface area contributed by atoms with Crippen LogP contribution in [0.15, 0.2) is 15.8 Å². The number of aromatic nitrogens is 2. The molecule has 1 aromatic rings. The number of rotatable bonds is 8. The quantitative estimate of drug-likeness (QED) is 0.204. The molecule has 2 amide bonds. The maximum atomic E-state index is 12.7. The molecule has 1 saturated heterocycles. The van der Waals surface area contributed by atoms with E-state index in [1.807, 2.05) is 0 Å². The molecule has 2 aliphatic rings. The highest BCUT2D eigenvalue weighted by Gasteiger charge is 2.54. The van der Waals surface area contributed by atoms with Crippen molar-refractivity contribution < 1.29 is 34.2 Å². The highest BCUT2D eigenvalue weighted by molar-refractivity contribution is 8.05. The van der Waals surface area contributed by atoms with Gasteiger partial charge in [0.25, 0.3) is 11.8 Å². The summed E-state index contributed by atoms with van der Waals surface area (Å²) in [6, 6.07) is -1.01. The van der Waals surface area contributed by atoms with E-state index in [4.69, 9.17) is 10.8 Å². The number of carboxylic acid groups (broad SMARTS) is 2. The molecule has 0 radical (unpaired) electrons. The van der Waals surface area contributed by atoms with Crippen molar-refractivity contribution >= 4 is 69.7 Å². The molecule has 0 aromatic carbocycles. The topological polar surface area (TPSA) is 197 Å². The van der Waals surface area contributed by atoms with Crippen LogP contribution in [0.5, 0.6) is 0 Å². The van der Waals surface area contributed by atoms with Crippen LogP contribution >= 0.6 is 35.1 Å². The van der Waals surface area contributed by atoms with Crippen LogP contribution in [-0.4, -0.2) is 84.0 Å². The van der Waals surface area contributed by atoms with Crippen molar-refractivity contribution in [3.8, 4) is 0 Å². The first-order valence-electron chi connectivity index (χ1n) is 8.01. The Labute approximate surface area is 180 Å². The van der Waals surface area contributed by atoms with Crippen molar-refractivity contribution in [1.29, 1.82) is 0 Å². The average molecular weight is 475 g/mol. The minimum atomic E-state index is -1.31. The van der Waals surface area contributed by atoms with Gasteiger partial charge in [0.2, 0.25) is 18.1 Å². The number of thioether (sulfide) groups is 2. The van der Waals surface area contributed by atoms with Gasteiger partial charge in [0.05, 0.1) is 0 Å². The van der Waals surface area contributed by atoms with E-state index in [0.717, 1.165) is 16.4 Å². The molecular formula is C14H14N6O7S3. The number of nitrogens with two attached hydrogens (primary N) is 1. The molecule has 0 saturated carbocycles. The summed E-state index contributed by atoms with van der Waals surface area (Å²) in [5, 5.41) is 23.5. The summed E-state index contributed by atoms with van der Waals surface area (Å²) in [7, 11) is 0. The number of anilines is 1. The highest BCUT2D eigenvalue weighted by atomic mass is 32.2. The van der Waals surface area contributed by atoms with Crippen LogP contribution in [0.1, 0.15) is 5.82 Å². The van der Waals surface area contributed by atoms with Gasteiger partial charge in [0.1, 0.15) is 17.1 Å². The zero-order chi connectivity index (χ0) is 22.0. The summed E-state index contributed by atoms with van der Waals surface area (Å²) in [4.78, 5) is 57.6. The lowest BCUT2D eigenvalue weighted by Crippen LogP contribution is -2.71. The number of carbonyl (C=O) groups excluding carboxylic acids is 2. The number of nitrogen functional groups attached to an aromatic ring is 1. The van der Waals surface area contributed by atoms with E-state index in [2.05, 4.69) is 24.7 Å². The normalized spacial score (nSPS) is 21.0. The van der Waals surface area contributed by atoms with Gasteiger partial charge in [-0.1, -0.05) is 5.16 Å². The third-order valence-electron chi connectivity index (χ3n) is 3.88. The lowest BCUT2D eigenvalue weighted by atomic mass is 10.0. The zero-order valence-corrected chi connectivity index (χ0v) is 17.5. The van der Waals surface area contributed by atoms with Crippen LogP contribution in [0.3, 0.4) is 0 Å². The fourth-order valence-corrected chi connectivity index (χ4v) is 5.31. The molecule has 3 heterocycles. The smallest absolute Gasteiger partial charge is 0.353 e. The fraction of sp³-hybridized carbons (Fsp3) is 0.357. The molecule has 30 heavy (non-hydrogen) atoms. The molecule has 13 nitrogen and oxygen atoms in total. The van der Waals surface area contributed by atoms with Crippen molar-refractivity contribution in [2.45, 2.75) is 11.4 Å². The summed E-state index contributed by atoms with van der Waals surface area (Å²) in [6.45, 7) is -0.810. The number of nitrogens with one attached hydrogen (secondary N) is 1. The molecule has 3 rings (SSSR count). The molecule has 2 atom stereocenters. The Morgan fingerprint density at radius 1 is 1.43 bits per heavy atom. The van der Waals surface area contributed by atoms with Crippen molar-refractivity contribution in [2.75, 3.05) is 24.3 Å². The van der Waals surface area contributed by atoms with Gasteiger partial charge in [0, 0.05) is 22.2 Å². The van der Waals surface area contributed by atoms with E-state index in [9.17, 15) is 24.3 Å². The molecule has 5 N–H and O–H groups in total. The monoisotopic (exact) mass is 474 g/mol. The zero-order valence-electron chi connectivity index (χ0n) is 15.1. The molecule has 0 spiro atoms. The van der Waals surface area contributed by atoms with Gasteiger partial charge in [-0.25, -0.2) is 9.59 Å². The molecule has 16 heteroatoms. The molecule has 2 aliphatic heterocycles. The summed E-state index contributed by atoms with van der Waals surface area (Å²) in [6.07, 6.45) is 1.72. The minimum absolute atomic E-state index is 0.0401. The lowest BCUT2D eigenvalue weighted by molar-refractivity contribution is -0.150. The average Bonchev–Trinajstić information content (AvgIpc) is 3.13. The molecule has 1 aromatic heterocycles. The number of aliphatic carboxylic acids is 2. The Balaban J connectivity index is 1.79. The number of carbonyl (C=O) groups is 4. The largest absolute Gasteiger partial charge is 0.479 e. The first kappa shape index (κ1) is 21.8. The van der Waals surface area contributed by atoms with E-state index in [0.29, 0.717) is 10.7 Å². The number of hydrogen-bond donors (Lipinski definition) is 4. The number of amides is 2. The lowest BCUT2D eigenvalue weighted by Gasteiger charge is -2.49. The second-order valence-electron chi connectivity index (χ2n) is 5.71. The summed E-state index contributed by atoms with van der Waals surface area (Å²) < 4.78 is 3.84. The molecule has 160 valence electrons. The van der Waals surface area contributed by atoms with Crippen molar-refractivity contribution in [3.05, 3.63) is 16.4 Å². The first-order chi connectivity index (χ1) is 14.2. The Bertz CT molecular complexity index is 977. The van der Waals surface area contributed by atoms with Crippen molar-refractivity contribution in [2.24, 2.45) is 5.16 Å². The second kappa shape index (κ2) is 8.88. The summed E-state index contributed by atoms with van der Waals surface area (Å²) in [5.74, 6) is -3.86. The number of carboxylic acids is 2. The molecular weight excluding hydrogens is 460 g/mol. The predicted molar refractivity (Wildman–Crippen MR) is 108 cm³/mol. The van der Waals surface area contributed by atoms with Crippen LogP contribution in [-0.2, 0) is 24.0 Å². The summed E-state index contributed by atoms with van der Waals surface area (Å²) in [5.41, 5.74) is 4.94. The van der Waals surface area contributed by atoms with Crippen molar-refractivity contribution in [3.63, 3.8) is 0 Å². The van der Waals surface area contributed by atoms with E-state index < -0.39 is 47.5 Å². The van der Waals surface area contributed by atoms with Crippen LogP contribution in [0.4, 0.5) is 5.13 Å². The van der Waals surface area contributed by atoms with E-state index in [-0.39, 0.29) is 16.7 Å². The third kappa shape index (κ3) is 4.19. The number of fused-ring (bicyclic) bond motifs is 1. The highest BCUT2D eigenvalue weighted by Crippen LogP contribution is 2.42. The first-order valence-corrected chi connectivity index (χ1v) is 11.1. The Hall–Kier alpha value is -2.85. The SMILES string of the molecule is CSC1=C(C(=O)O)N2C(=O)C(NC(=O)/C(=N/OCC(=O)O)c3nsc(N)n3)[C@H]2SC1. The molecule has 0 bridgehead atoms.